The zero-order chi connectivity index (χ0) is 20.5. The van der Waals surface area contributed by atoms with Gasteiger partial charge in [0.25, 0.3) is 0 Å². The van der Waals surface area contributed by atoms with E-state index < -0.39 is 30.9 Å². The number of aromatic nitrogens is 4. The van der Waals surface area contributed by atoms with E-state index in [4.69, 9.17) is 15.8 Å². The lowest BCUT2D eigenvalue weighted by Gasteiger charge is -2.12. The number of hydrogen-bond donors (Lipinski definition) is 4. The van der Waals surface area contributed by atoms with Crippen LogP contribution in [0, 0.1) is 11.6 Å². The minimum absolute atomic E-state index is 0.0252. The monoisotopic (exact) mass is 398 g/mol. The van der Waals surface area contributed by atoms with Crippen molar-refractivity contribution in [3.63, 3.8) is 0 Å². The lowest BCUT2D eigenvalue weighted by Crippen LogP contribution is -2.30. The van der Waals surface area contributed by atoms with E-state index in [9.17, 15) is 13.6 Å². The fourth-order valence-electron chi connectivity index (χ4n) is 2.44. The van der Waals surface area contributed by atoms with Gasteiger partial charge in [0.1, 0.15) is 6.54 Å². The van der Waals surface area contributed by atoms with E-state index >= 15 is 0 Å². The van der Waals surface area contributed by atoms with Crippen molar-refractivity contribution in [1.82, 2.24) is 25.5 Å². The van der Waals surface area contributed by atoms with Crippen LogP contribution in [0.1, 0.15) is 36.7 Å². The lowest BCUT2D eigenvalue weighted by atomic mass is 10.1. The predicted molar refractivity (Wildman–Crippen MR) is 92.9 cm³/mol. The molecule has 1 aromatic carbocycles. The first-order valence-corrected chi connectivity index (χ1v) is 8.57. The highest BCUT2D eigenvalue weighted by molar-refractivity contribution is 6.32. The van der Waals surface area contributed by atoms with Gasteiger partial charge in [0, 0.05) is 18.7 Å². The van der Waals surface area contributed by atoms with E-state index in [-0.39, 0.29) is 25.3 Å². The summed E-state index contributed by atoms with van der Waals surface area (Å²) in [5, 5.41) is 30.7. The second kappa shape index (κ2) is 10.8. The van der Waals surface area contributed by atoms with Gasteiger partial charge in [-0.15, -0.1) is 5.10 Å². The molecular formula is C15H21BF2N6O4. The van der Waals surface area contributed by atoms with Gasteiger partial charge in [-0.3, -0.25) is 4.79 Å². The maximum atomic E-state index is 13.6. The zero-order valence-corrected chi connectivity index (χ0v) is 15.0. The van der Waals surface area contributed by atoms with Gasteiger partial charge in [0.2, 0.25) is 5.91 Å². The van der Waals surface area contributed by atoms with Gasteiger partial charge in [-0.2, -0.15) is 0 Å². The van der Waals surface area contributed by atoms with Crippen molar-refractivity contribution in [3.8, 4) is 0 Å². The van der Waals surface area contributed by atoms with Crippen LogP contribution in [-0.2, 0) is 22.5 Å². The summed E-state index contributed by atoms with van der Waals surface area (Å²) in [4.78, 5) is 12.1. The van der Waals surface area contributed by atoms with E-state index in [1.807, 2.05) is 0 Å². The number of carbonyl (C=O) groups is 1. The number of nitrogens with one attached hydrogen (secondary N) is 1. The number of tetrazole rings is 1. The molecule has 152 valence electrons. The molecule has 0 spiro atoms. The zero-order valence-electron chi connectivity index (χ0n) is 15.0. The number of hydrogen-bond acceptors (Lipinski definition) is 8. The molecule has 1 atom stereocenters. The van der Waals surface area contributed by atoms with Gasteiger partial charge in [-0.25, -0.2) is 13.5 Å². The first kappa shape index (κ1) is 21.8. The van der Waals surface area contributed by atoms with E-state index in [1.165, 1.54) is 16.8 Å². The minimum Gasteiger partial charge on any atom is -0.402 e. The van der Waals surface area contributed by atoms with Gasteiger partial charge in [-0.1, -0.05) is 12.1 Å². The molecule has 1 unspecified atom stereocenters. The number of nitrogens with zero attached hydrogens (tertiary/aromatic N) is 4. The first-order chi connectivity index (χ1) is 13.4. The third kappa shape index (κ3) is 6.60. The fraction of sp³-hybridized carbons (Fsp3) is 0.467. The van der Waals surface area contributed by atoms with Crippen molar-refractivity contribution in [2.75, 3.05) is 6.61 Å². The van der Waals surface area contributed by atoms with Crippen LogP contribution in [-0.4, -0.2) is 50.1 Å². The molecule has 0 saturated heterocycles. The number of nitrogens with two attached hydrogens (primary N) is 1. The van der Waals surface area contributed by atoms with Gasteiger partial charge in [0.05, 0.1) is 6.04 Å². The van der Waals surface area contributed by atoms with Crippen LogP contribution in [0.15, 0.2) is 18.2 Å². The van der Waals surface area contributed by atoms with Crippen LogP contribution in [0.4, 0.5) is 8.78 Å². The minimum atomic E-state index is -1.81. The van der Waals surface area contributed by atoms with Crippen LogP contribution in [0.3, 0.4) is 0 Å². The van der Waals surface area contributed by atoms with Gasteiger partial charge in [-0.05, 0) is 35.8 Å². The fourth-order valence-corrected chi connectivity index (χ4v) is 2.44. The highest BCUT2D eigenvalue weighted by Gasteiger charge is 2.17. The number of halogens is 2. The summed E-state index contributed by atoms with van der Waals surface area (Å²) in [5.41, 5.74) is 6.06. The molecule has 0 fully saturated rings. The third-order valence-electron chi connectivity index (χ3n) is 3.87. The third-order valence-corrected chi connectivity index (χ3v) is 3.87. The van der Waals surface area contributed by atoms with E-state index in [0.29, 0.717) is 25.1 Å². The highest BCUT2D eigenvalue weighted by atomic mass is 19.2. The molecule has 0 saturated carbocycles. The Hall–Kier alpha value is -2.48. The molecule has 0 aliphatic heterocycles. The Bertz CT molecular complexity index is 779. The van der Waals surface area contributed by atoms with Crippen LogP contribution in [0.25, 0.3) is 0 Å². The Morgan fingerprint density at radius 3 is 2.89 bits per heavy atom. The molecule has 1 heterocycles. The molecule has 1 amide bonds. The van der Waals surface area contributed by atoms with E-state index in [2.05, 4.69) is 25.5 Å². The topological polar surface area (TPSA) is 148 Å². The standard InChI is InChI=1S/C15H21BF2N6O4/c17-11-5-3-4-10(14(11)18)8-20-13(25)9-24-15(21-22-23-24)12(19)6-1-2-7-28-16(26)27/h3-5,12,26-27H,1-2,6-9,19H2,(H,20,25). The van der Waals surface area contributed by atoms with Crippen molar-refractivity contribution >= 4 is 13.2 Å². The maximum absolute atomic E-state index is 13.6. The summed E-state index contributed by atoms with van der Waals surface area (Å²) in [5.74, 6) is -2.19. The van der Waals surface area contributed by atoms with Crippen molar-refractivity contribution in [2.24, 2.45) is 5.73 Å². The molecule has 1 aromatic heterocycles. The van der Waals surface area contributed by atoms with Gasteiger partial charge >= 0.3 is 7.32 Å². The Labute approximate surface area is 159 Å². The Morgan fingerprint density at radius 1 is 1.36 bits per heavy atom. The quantitative estimate of drug-likeness (QED) is 0.290. The molecule has 0 aliphatic rings. The Morgan fingerprint density at radius 2 is 2.14 bits per heavy atom. The predicted octanol–water partition coefficient (Wildman–Crippen LogP) is -0.576. The van der Waals surface area contributed by atoms with Crippen molar-refractivity contribution in [3.05, 3.63) is 41.2 Å². The first-order valence-electron chi connectivity index (χ1n) is 8.57. The van der Waals surface area contributed by atoms with Crippen LogP contribution in [0.5, 0.6) is 0 Å². The summed E-state index contributed by atoms with van der Waals surface area (Å²) in [6.45, 7) is -0.246. The molecule has 13 heteroatoms. The molecule has 0 aliphatic carbocycles. The molecule has 0 radical (unpaired) electrons. The molecule has 2 aromatic rings. The summed E-state index contributed by atoms with van der Waals surface area (Å²) in [6, 6.07) is 3.18. The molecular weight excluding hydrogens is 377 g/mol. The van der Waals surface area contributed by atoms with Crippen molar-refractivity contribution in [1.29, 1.82) is 0 Å². The summed E-state index contributed by atoms with van der Waals surface area (Å²) in [6.07, 6.45) is 1.65. The van der Waals surface area contributed by atoms with E-state index in [0.717, 1.165) is 6.07 Å². The maximum Gasteiger partial charge on any atom is 0.633 e. The molecule has 0 bridgehead atoms. The van der Waals surface area contributed by atoms with Crippen LogP contribution >= 0.6 is 0 Å². The van der Waals surface area contributed by atoms with Gasteiger partial charge < -0.3 is 25.8 Å². The summed E-state index contributed by atoms with van der Waals surface area (Å²) >= 11 is 0. The highest BCUT2D eigenvalue weighted by Crippen LogP contribution is 2.14. The lowest BCUT2D eigenvalue weighted by molar-refractivity contribution is -0.122. The molecule has 28 heavy (non-hydrogen) atoms. The number of amides is 1. The summed E-state index contributed by atoms with van der Waals surface area (Å²) < 4.78 is 32.6. The molecule has 10 nitrogen and oxygen atoms in total. The Kier molecular flexibility index (Phi) is 8.38. The average molecular weight is 398 g/mol. The van der Waals surface area contributed by atoms with Crippen molar-refractivity contribution in [2.45, 2.75) is 38.4 Å². The van der Waals surface area contributed by atoms with Crippen LogP contribution < -0.4 is 11.1 Å². The van der Waals surface area contributed by atoms with Gasteiger partial charge in [0.15, 0.2) is 17.5 Å². The van der Waals surface area contributed by atoms with Crippen LogP contribution in [0.2, 0.25) is 0 Å². The summed E-state index contributed by atoms with van der Waals surface area (Å²) in [7, 11) is -1.81. The molecule has 2 rings (SSSR count). The SMILES string of the molecule is NC(CCCCOB(O)O)c1nnnn1CC(=O)NCc1cccc(F)c1F. The number of carbonyl (C=O) groups excluding carboxylic acids is 1. The smallest absolute Gasteiger partial charge is 0.402 e. The van der Waals surface area contributed by atoms with E-state index in [1.54, 1.807) is 0 Å². The molecule has 5 N–H and O–H groups in total. The second-order valence-corrected chi connectivity index (χ2v) is 5.98. The normalized spacial score (nSPS) is 12.0. The average Bonchev–Trinajstić information content (AvgIpc) is 3.10. The number of benzene rings is 1. The van der Waals surface area contributed by atoms with Crippen molar-refractivity contribution < 1.29 is 28.3 Å². The number of unbranched alkanes of at least 4 members (excludes halogenated alkanes) is 1. The Balaban J connectivity index is 1.82. The largest absolute Gasteiger partial charge is 0.633 e. The number of rotatable bonds is 11. The second-order valence-electron chi connectivity index (χ2n) is 5.98.